The van der Waals surface area contributed by atoms with E-state index in [4.69, 9.17) is 22.3 Å². The Balaban J connectivity index is 2.15. The highest BCUT2D eigenvalue weighted by Gasteiger charge is 2.22. The fraction of sp³-hybridized carbons (Fsp3) is 0.500. The van der Waals surface area contributed by atoms with Gasteiger partial charge in [-0.3, -0.25) is 4.79 Å². The average molecular weight is 350 g/mol. The Bertz CT molecular complexity index is 638. The number of rotatable bonds is 3. The van der Waals surface area contributed by atoms with Gasteiger partial charge in [0, 0.05) is 16.7 Å². The summed E-state index contributed by atoms with van der Waals surface area (Å²) in [6, 6.07) is 3.98. The van der Waals surface area contributed by atoms with E-state index in [0.29, 0.717) is 5.92 Å². The molecule has 116 valence electrons. The van der Waals surface area contributed by atoms with Gasteiger partial charge < -0.3 is 5.32 Å². The molecule has 0 aromatic heterocycles. The first-order valence-corrected chi connectivity index (χ1v) is 9.51. The smallest absolute Gasteiger partial charge is 0.261 e. The van der Waals surface area contributed by atoms with E-state index in [1.54, 1.807) is 0 Å². The second-order valence-electron chi connectivity index (χ2n) is 5.51. The molecule has 1 amide bonds. The van der Waals surface area contributed by atoms with Crippen molar-refractivity contribution in [3.05, 3.63) is 28.8 Å². The minimum atomic E-state index is -3.88. The van der Waals surface area contributed by atoms with Gasteiger partial charge in [0.25, 0.3) is 15.0 Å². The highest BCUT2D eigenvalue weighted by Crippen LogP contribution is 2.26. The van der Waals surface area contributed by atoms with Gasteiger partial charge in [-0.25, -0.2) is 8.42 Å². The summed E-state index contributed by atoms with van der Waals surface area (Å²) in [5.41, 5.74) is 0.136. The van der Waals surface area contributed by atoms with Crippen molar-refractivity contribution < 1.29 is 13.2 Å². The number of hydrogen-bond acceptors (Lipinski definition) is 3. The maximum absolute atomic E-state index is 12.3. The molecule has 0 heterocycles. The van der Waals surface area contributed by atoms with Gasteiger partial charge >= 0.3 is 0 Å². The third-order valence-corrected chi connectivity index (χ3v) is 5.50. The standard InChI is InChI=1S/C14H17Cl2NO3S/c1-9-2-4-10(5-3-9)17-14(18)12-8-11(21(16,19)20)6-7-13(12)15/h6-10H,2-5H2,1H3,(H,17,18). The zero-order chi connectivity index (χ0) is 15.6. The van der Waals surface area contributed by atoms with Crippen LogP contribution in [0.1, 0.15) is 43.0 Å². The summed E-state index contributed by atoms with van der Waals surface area (Å²) < 4.78 is 22.7. The quantitative estimate of drug-likeness (QED) is 0.848. The van der Waals surface area contributed by atoms with E-state index < -0.39 is 9.05 Å². The van der Waals surface area contributed by atoms with Gasteiger partial charge in [-0.2, -0.15) is 0 Å². The molecule has 21 heavy (non-hydrogen) atoms. The SMILES string of the molecule is CC1CCC(NC(=O)c2cc(S(=O)(=O)Cl)ccc2Cl)CC1. The fourth-order valence-corrected chi connectivity index (χ4v) is 3.48. The highest BCUT2D eigenvalue weighted by molar-refractivity contribution is 8.13. The number of hydrogen-bond donors (Lipinski definition) is 1. The van der Waals surface area contributed by atoms with Crippen molar-refractivity contribution in [2.75, 3.05) is 0 Å². The molecular formula is C14H17Cl2NO3S. The van der Waals surface area contributed by atoms with Crippen LogP contribution in [0.3, 0.4) is 0 Å². The van der Waals surface area contributed by atoms with E-state index in [9.17, 15) is 13.2 Å². The molecule has 0 unspecified atom stereocenters. The van der Waals surface area contributed by atoms with E-state index in [-0.39, 0.29) is 27.4 Å². The summed E-state index contributed by atoms with van der Waals surface area (Å²) in [6.07, 6.45) is 4.01. The monoisotopic (exact) mass is 349 g/mol. The largest absolute Gasteiger partial charge is 0.349 e. The lowest BCUT2D eigenvalue weighted by Crippen LogP contribution is -2.37. The Hall–Kier alpha value is -0.780. The Morgan fingerprint density at radius 3 is 2.43 bits per heavy atom. The van der Waals surface area contributed by atoms with Crippen LogP contribution in [0.2, 0.25) is 5.02 Å². The van der Waals surface area contributed by atoms with Gasteiger partial charge in [-0.1, -0.05) is 18.5 Å². The summed E-state index contributed by atoms with van der Waals surface area (Å²) in [4.78, 5) is 12.1. The van der Waals surface area contributed by atoms with Crippen LogP contribution in [0.15, 0.2) is 23.1 Å². The lowest BCUT2D eigenvalue weighted by Gasteiger charge is -2.27. The predicted molar refractivity (Wildman–Crippen MR) is 83.4 cm³/mol. The van der Waals surface area contributed by atoms with Gasteiger partial charge in [0.2, 0.25) is 0 Å². The molecule has 4 nitrogen and oxygen atoms in total. The van der Waals surface area contributed by atoms with Crippen molar-refractivity contribution >= 4 is 37.2 Å². The highest BCUT2D eigenvalue weighted by atomic mass is 35.7. The molecule has 1 aromatic rings. The van der Waals surface area contributed by atoms with E-state index in [1.807, 2.05) is 0 Å². The molecular weight excluding hydrogens is 333 g/mol. The summed E-state index contributed by atoms with van der Waals surface area (Å²) >= 11 is 5.98. The maximum atomic E-state index is 12.3. The first-order chi connectivity index (χ1) is 9.77. The number of benzene rings is 1. The first-order valence-electron chi connectivity index (χ1n) is 6.82. The van der Waals surface area contributed by atoms with Crippen LogP contribution >= 0.6 is 22.3 Å². The van der Waals surface area contributed by atoms with Gasteiger partial charge in [0.05, 0.1) is 15.5 Å². The molecule has 0 atom stereocenters. The van der Waals surface area contributed by atoms with E-state index in [0.717, 1.165) is 25.7 Å². The van der Waals surface area contributed by atoms with Gasteiger partial charge in [-0.05, 0) is 49.8 Å². The minimum absolute atomic E-state index is 0.112. The molecule has 1 fully saturated rings. The topological polar surface area (TPSA) is 63.2 Å². The van der Waals surface area contributed by atoms with E-state index in [2.05, 4.69) is 12.2 Å². The van der Waals surface area contributed by atoms with Gasteiger partial charge in [0.15, 0.2) is 0 Å². The Kier molecular flexibility index (Phi) is 5.17. The van der Waals surface area contributed by atoms with Crippen LogP contribution in [0, 0.1) is 5.92 Å². The minimum Gasteiger partial charge on any atom is -0.349 e. The van der Waals surface area contributed by atoms with E-state index >= 15 is 0 Å². The Morgan fingerprint density at radius 2 is 1.86 bits per heavy atom. The van der Waals surface area contributed by atoms with Gasteiger partial charge in [0.1, 0.15) is 0 Å². The Labute approximate surface area is 134 Å². The lowest BCUT2D eigenvalue weighted by molar-refractivity contribution is 0.0923. The van der Waals surface area contributed by atoms with Crippen LogP contribution < -0.4 is 5.32 Å². The lowest BCUT2D eigenvalue weighted by atomic mass is 9.87. The number of amides is 1. The van der Waals surface area contributed by atoms with Crippen LogP contribution in [-0.4, -0.2) is 20.4 Å². The summed E-state index contributed by atoms with van der Waals surface area (Å²) in [5, 5.41) is 3.12. The molecule has 0 saturated heterocycles. The van der Waals surface area contributed by atoms with Crippen LogP contribution in [0.4, 0.5) is 0 Å². The molecule has 1 aliphatic rings. The van der Waals surface area contributed by atoms with Crippen LogP contribution in [0.25, 0.3) is 0 Å². The number of carbonyl (C=O) groups is 1. The molecule has 0 radical (unpaired) electrons. The Morgan fingerprint density at radius 1 is 1.24 bits per heavy atom. The molecule has 2 rings (SSSR count). The molecule has 7 heteroatoms. The van der Waals surface area contributed by atoms with Crippen molar-refractivity contribution in [2.24, 2.45) is 5.92 Å². The second-order valence-corrected chi connectivity index (χ2v) is 8.48. The zero-order valence-corrected chi connectivity index (χ0v) is 13.9. The van der Waals surface area contributed by atoms with Crippen molar-refractivity contribution in [2.45, 2.75) is 43.5 Å². The van der Waals surface area contributed by atoms with Crippen LogP contribution in [-0.2, 0) is 9.05 Å². The third-order valence-electron chi connectivity index (χ3n) is 3.82. The predicted octanol–water partition coefficient (Wildman–Crippen LogP) is 3.58. The first kappa shape index (κ1) is 16.6. The average Bonchev–Trinajstić information content (AvgIpc) is 2.40. The zero-order valence-electron chi connectivity index (χ0n) is 11.6. The third kappa shape index (κ3) is 4.34. The number of halogens is 2. The number of carbonyl (C=O) groups excluding carboxylic acids is 1. The van der Waals surface area contributed by atoms with Crippen molar-refractivity contribution in [1.29, 1.82) is 0 Å². The maximum Gasteiger partial charge on any atom is 0.261 e. The van der Waals surface area contributed by atoms with E-state index in [1.165, 1.54) is 18.2 Å². The fourth-order valence-electron chi connectivity index (χ4n) is 2.50. The summed E-state index contributed by atoms with van der Waals surface area (Å²) in [7, 11) is 1.41. The van der Waals surface area contributed by atoms with Crippen LogP contribution in [0.5, 0.6) is 0 Å². The number of nitrogens with one attached hydrogen (secondary N) is 1. The van der Waals surface area contributed by atoms with Crippen molar-refractivity contribution in [3.63, 3.8) is 0 Å². The molecule has 0 bridgehead atoms. The molecule has 0 spiro atoms. The molecule has 1 saturated carbocycles. The summed E-state index contributed by atoms with van der Waals surface area (Å²) in [6.45, 7) is 2.20. The second kappa shape index (κ2) is 6.55. The van der Waals surface area contributed by atoms with Crippen molar-refractivity contribution in [3.8, 4) is 0 Å². The van der Waals surface area contributed by atoms with Crippen molar-refractivity contribution in [1.82, 2.24) is 5.32 Å². The van der Waals surface area contributed by atoms with Gasteiger partial charge in [-0.15, -0.1) is 0 Å². The molecule has 1 aromatic carbocycles. The molecule has 1 N–H and O–H groups in total. The normalized spacial score (nSPS) is 22.8. The molecule has 0 aliphatic heterocycles. The molecule has 1 aliphatic carbocycles. The summed E-state index contributed by atoms with van der Waals surface area (Å²) in [5.74, 6) is 0.327.